The molecule has 0 radical (unpaired) electrons. The Morgan fingerprint density at radius 1 is 1.07 bits per heavy atom. The number of aromatic amines is 1. The molecule has 0 saturated heterocycles. The van der Waals surface area contributed by atoms with Gasteiger partial charge in [0.1, 0.15) is 4.83 Å². The Morgan fingerprint density at radius 3 is 2.55 bits per heavy atom. The molecular formula is C22H19N3O2S2. The van der Waals surface area contributed by atoms with E-state index < -0.39 is 0 Å². The number of benzene rings is 2. The van der Waals surface area contributed by atoms with Crippen LogP contribution in [0.25, 0.3) is 10.2 Å². The van der Waals surface area contributed by atoms with Gasteiger partial charge in [0.25, 0.3) is 5.56 Å². The maximum absolute atomic E-state index is 12.6. The Kier molecular flexibility index (Phi) is 6.07. The highest BCUT2D eigenvalue weighted by molar-refractivity contribution is 7.99. The number of thioether (sulfide) groups is 1. The number of nitrogens with one attached hydrogen (secondary N) is 2. The summed E-state index contributed by atoms with van der Waals surface area (Å²) >= 11 is 2.65. The van der Waals surface area contributed by atoms with Crippen LogP contribution in [0, 0.1) is 0 Å². The smallest absolute Gasteiger partial charge is 0.260 e. The molecule has 0 saturated carbocycles. The van der Waals surface area contributed by atoms with Crippen molar-refractivity contribution in [2.45, 2.75) is 17.6 Å². The molecule has 0 spiro atoms. The van der Waals surface area contributed by atoms with Crippen molar-refractivity contribution in [2.75, 3.05) is 5.75 Å². The number of hydrogen-bond donors (Lipinski definition) is 2. The van der Waals surface area contributed by atoms with Crippen LogP contribution in [0.1, 0.15) is 17.2 Å². The molecule has 7 heteroatoms. The standard InChI is InChI=1S/C22H19N3O2S2/c26-19(14-29-22-24-20(27)17-11-12-28-21(17)25-22)23-18(16-9-5-2-6-10-16)13-15-7-3-1-4-8-15/h1-12,18H,13-14H2,(H,23,26)(H,24,25,27)/t18-/m0/s1. The molecule has 1 amide bonds. The molecular weight excluding hydrogens is 402 g/mol. The molecule has 5 nitrogen and oxygen atoms in total. The second-order valence-corrected chi connectivity index (χ2v) is 8.38. The molecule has 0 fully saturated rings. The molecule has 2 N–H and O–H groups in total. The van der Waals surface area contributed by atoms with E-state index in [1.807, 2.05) is 53.9 Å². The summed E-state index contributed by atoms with van der Waals surface area (Å²) in [6.07, 6.45) is 0.706. The molecule has 2 heterocycles. The van der Waals surface area contributed by atoms with Gasteiger partial charge < -0.3 is 10.3 Å². The van der Waals surface area contributed by atoms with Gasteiger partial charge >= 0.3 is 0 Å². The highest BCUT2D eigenvalue weighted by Crippen LogP contribution is 2.21. The van der Waals surface area contributed by atoms with E-state index in [-0.39, 0.29) is 23.3 Å². The highest BCUT2D eigenvalue weighted by Gasteiger charge is 2.16. The first kappa shape index (κ1) is 19.4. The lowest BCUT2D eigenvalue weighted by atomic mass is 9.99. The van der Waals surface area contributed by atoms with Gasteiger partial charge in [-0.3, -0.25) is 9.59 Å². The molecule has 29 heavy (non-hydrogen) atoms. The maximum atomic E-state index is 12.6. The zero-order valence-corrected chi connectivity index (χ0v) is 17.1. The van der Waals surface area contributed by atoms with Crippen LogP contribution < -0.4 is 10.9 Å². The minimum Gasteiger partial charge on any atom is -0.348 e. The van der Waals surface area contributed by atoms with Gasteiger partial charge in [-0.15, -0.1) is 11.3 Å². The number of carbonyl (C=O) groups is 1. The first-order valence-electron chi connectivity index (χ1n) is 9.17. The van der Waals surface area contributed by atoms with Crippen LogP contribution in [0.5, 0.6) is 0 Å². The van der Waals surface area contributed by atoms with Crippen LogP contribution in [0.2, 0.25) is 0 Å². The second kappa shape index (κ2) is 9.07. The molecule has 0 bridgehead atoms. The van der Waals surface area contributed by atoms with E-state index in [0.717, 1.165) is 11.1 Å². The summed E-state index contributed by atoms with van der Waals surface area (Å²) in [6, 6.07) is 21.7. The Balaban J connectivity index is 1.45. The van der Waals surface area contributed by atoms with Crippen molar-refractivity contribution < 1.29 is 4.79 Å². The van der Waals surface area contributed by atoms with E-state index in [2.05, 4.69) is 27.4 Å². The molecule has 146 valence electrons. The predicted molar refractivity (Wildman–Crippen MR) is 118 cm³/mol. The van der Waals surface area contributed by atoms with Crippen molar-refractivity contribution >= 4 is 39.2 Å². The van der Waals surface area contributed by atoms with Gasteiger partial charge in [-0.25, -0.2) is 4.98 Å². The van der Waals surface area contributed by atoms with Crippen LogP contribution in [-0.2, 0) is 11.2 Å². The minimum absolute atomic E-state index is 0.103. The van der Waals surface area contributed by atoms with Crippen LogP contribution in [0.4, 0.5) is 0 Å². The third-order valence-corrected chi connectivity index (χ3v) is 6.15. The topological polar surface area (TPSA) is 74.8 Å². The number of carbonyl (C=O) groups excluding carboxylic acids is 1. The average Bonchev–Trinajstić information content (AvgIpc) is 3.23. The van der Waals surface area contributed by atoms with Crippen molar-refractivity contribution in [1.82, 2.24) is 15.3 Å². The lowest BCUT2D eigenvalue weighted by molar-refractivity contribution is -0.119. The molecule has 2 aromatic carbocycles. The van der Waals surface area contributed by atoms with E-state index in [1.54, 1.807) is 6.07 Å². The van der Waals surface area contributed by atoms with Gasteiger partial charge in [-0.1, -0.05) is 72.4 Å². The monoisotopic (exact) mass is 421 g/mol. The van der Waals surface area contributed by atoms with Crippen molar-refractivity contribution in [3.63, 3.8) is 0 Å². The predicted octanol–water partition coefficient (Wildman–Crippen LogP) is 4.18. The van der Waals surface area contributed by atoms with Gasteiger partial charge in [0.15, 0.2) is 5.16 Å². The fourth-order valence-electron chi connectivity index (χ4n) is 3.07. The summed E-state index contributed by atoms with van der Waals surface area (Å²) in [6.45, 7) is 0. The molecule has 2 aromatic heterocycles. The molecule has 0 aliphatic heterocycles. The molecule has 4 aromatic rings. The Hall–Kier alpha value is -2.90. The Labute approximate surface area is 176 Å². The molecule has 0 aliphatic rings. The number of thiophene rings is 1. The second-order valence-electron chi connectivity index (χ2n) is 6.52. The number of rotatable bonds is 7. The number of aromatic nitrogens is 2. The van der Waals surface area contributed by atoms with Gasteiger partial charge in [0.2, 0.25) is 5.91 Å². The minimum atomic E-state index is -0.176. The average molecular weight is 422 g/mol. The number of hydrogen-bond acceptors (Lipinski definition) is 5. The van der Waals surface area contributed by atoms with E-state index >= 15 is 0 Å². The van der Waals surface area contributed by atoms with Crippen LogP contribution in [0.15, 0.2) is 82.1 Å². The number of nitrogens with zero attached hydrogens (tertiary/aromatic N) is 1. The number of fused-ring (bicyclic) bond motifs is 1. The lowest BCUT2D eigenvalue weighted by Gasteiger charge is -2.19. The summed E-state index contributed by atoms with van der Waals surface area (Å²) in [5, 5.41) is 5.99. The summed E-state index contributed by atoms with van der Waals surface area (Å²) in [5.41, 5.74) is 2.04. The molecule has 1 atom stereocenters. The zero-order valence-electron chi connectivity index (χ0n) is 15.5. The summed E-state index contributed by atoms with van der Waals surface area (Å²) in [4.78, 5) is 32.6. The SMILES string of the molecule is O=C(CSc1nc2sccc2c(=O)[nH]1)N[C@@H](Cc1ccccc1)c1ccccc1. The Morgan fingerprint density at radius 2 is 1.79 bits per heavy atom. The van der Waals surface area contributed by atoms with E-state index in [0.29, 0.717) is 21.8 Å². The first-order chi connectivity index (χ1) is 14.2. The fourth-order valence-corrected chi connectivity index (χ4v) is 4.57. The van der Waals surface area contributed by atoms with Gasteiger partial charge in [0.05, 0.1) is 17.2 Å². The van der Waals surface area contributed by atoms with Crippen molar-refractivity contribution in [3.05, 3.63) is 93.6 Å². The van der Waals surface area contributed by atoms with Gasteiger partial charge in [-0.2, -0.15) is 0 Å². The largest absolute Gasteiger partial charge is 0.348 e. The van der Waals surface area contributed by atoms with Crippen molar-refractivity contribution in [2.24, 2.45) is 0 Å². The van der Waals surface area contributed by atoms with E-state index in [1.165, 1.54) is 23.1 Å². The Bertz CT molecular complexity index is 1160. The normalized spacial score (nSPS) is 12.0. The van der Waals surface area contributed by atoms with Gasteiger partial charge in [-0.05, 0) is 29.0 Å². The van der Waals surface area contributed by atoms with Crippen molar-refractivity contribution in [3.8, 4) is 0 Å². The summed E-state index contributed by atoms with van der Waals surface area (Å²) < 4.78 is 0. The molecule has 4 rings (SSSR count). The number of amides is 1. The van der Waals surface area contributed by atoms with Crippen molar-refractivity contribution in [1.29, 1.82) is 0 Å². The van der Waals surface area contributed by atoms with Crippen LogP contribution >= 0.6 is 23.1 Å². The van der Waals surface area contributed by atoms with Crippen LogP contribution in [-0.4, -0.2) is 21.6 Å². The maximum Gasteiger partial charge on any atom is 0.260 e. The van der Waals surface area contributed by atoms with Crippen LogP contribution in [0.3, 0.4) is 0 Å². The van der Waals surface area contributed by atoms with E-state index in [9.17, 15) is 9.59 Å². The highest BCUT2D eigenvalue weighted by atomic mass is 32.2. The summed E-state index contributed by atoms with van der Waals surface area (Å²) in [5.74, 6) is 0.0755. The third kappa shape index (κ3) is 4.93. The quantitative estimate of drug-likeness (QED) is 0.347. The van der Waals surface area contributed by atoms with Gasteiger partial charge in [0, 0.05) is 0 Å². The fraction of sp³-hybridized carbons (Fsp3) is 0.136. The number of H-pyrrole nitrogens is 1. The lowest BCUT2D eigenvalue weighted by Crippen LogP contribution is -2.31. The van der Waals surface area contributed by atoms with E-state index in [4.69, 9.17) is 0 Å². The first-order valence-corrected chi connectivity index (χ1v) is 11.0. The molecule has 0 aliphatic carbocycles. The third-order valence-electron chi connectivity index (χ3n) is 4.47. The molecule has 0 unspecified atom stereocenters. The summed E-state index contributed by atoms with van der Waals surface area (Å²) in [7, 11) is 0. The zero-order chi connectivity index (χ0) is 20.1.